The Balaban J connectivity index is 1.47. The van der Waals surface area contributed by atoms with Gasteiger partial charge in [0, 0.05) is 56.4 Å². The first-order valence-electron chi connectivity index (χ1n) is 9.69. The van der Waals surface area contributed by atoms with E-state index in [-0.39, 0.29) is 11.8 Å². The van der Waals surface area contributed by atoms with E-state index in [9.17, 15) is 9.59 Å². The highest BCUT2D eigenvalue weighted by Gasteiger charge is 2.23. The van der Waals surface area contributed by atoms with Gasteiger partial charge in [0.2, 0.25) is 5.91 Å². The van der Waals surface area contributed by atoms with E-state index in [2.05, 4.69) is 17.1 Å². The second-order valence-corrected chi connectivity index (χ2v) is 6.91. The van der Waals surface area contributed by atoms with Crippen LogP contribution in [0.4, 0.5) is 0 Å². The minimum absolute atomic E-state index is 0.0566. The normalized spacial score (nSPS) is 14.9. The summed E-state index contributed by atoms with van der Waals surface area (Å²) in [5.74, 6) is 0.130. The quantitative estimate of drug-likeness (QED) is 0.762. The molecule has 1 N–H and O–H groups in total. The van der Waals surface area contributed by atoms with E-state index in [1.165, 1.54) is 0 Å². The van der Waals surface area contributed by atoms with Crippen LogP contribution in [-0.4, -0.2) is 65.4 Å². The van der Waals surface area contributed by atoms with Crippen LogP contribution >= 0.6 is 0 Å². The van der Waals surface area contributed by atoms with Gasteiger partial charge in [0.05, 0.1) is 6.54 Å². The zero-order chi connectivity index (χ0) is 19.1. The fourth-order valence-electron chi connectivity index (χ4n) is 3.24. The van der Waals surface area contributed by atoms with Crippen LogP contribution < -0.4 is 5.32 Å². The van der Waals surface area contributed by atoms with Crippen molar-refractivity contribution in [3.63, 3.8) is 0 Å². The maximum absolute atomic E-state index is 12.7. The SMILES string of the molecule is CCCCNC(=O)CN1CCN(C(=O)c2ccc(-n3cccc3)cc2)CC1. The number of aromatic nitrogens is 1. The minimum atomic E-state index is 0.0566. The molecule has 2 amide bonds. The molecule has 0 aliphatic carbocycles. The zero-order valence-electron chi connectivity index (χ0n) is 15.9. The van der Waals surface area contributed by atoms with Gasteiger partial charge in [-0.15, -0.1) is 0 Å². The summed E-state index contributed by atoms with van der Waals surface area (Å²) in [7, 11) is 0. The van der Waals surface area contributed by atoms with E-state index in [1.807, 2.05) is 58.3 Å². The molecule has 1 aromatic carbocycles. The number of nitrogens with zero attached hydrogens (tertiary/aromatic N) is 3. The van der Waals surface area contributed by atoms with Crippen molar-refractivity contribution in [3.8, 4) is 5.69 Å². The molecule has 1 aliphatic heterocycles. The third-order valence-electron chi connectivity index (χ3n) is 4.90. The van der Waals surface area contributed by atoms with Crippen molar-refractivity contribution >= 4 is 11.8 Å². The van der Waals surface area contributed by atoms with Crippen LogP contribution in [0.25, 0.3) is 5.69 Å². The third-order valence-corrected chi connectivity index (χ3v) is 4.90. The van der Waals surface area contributed by atoms with Gasteiger partial charge in [-0.3, -0.25) is 14.5 Å². The maximum atomic E-state index is 12.7. The van der Waals surface area contributed by atoms with Crippen molar-refractivity contribution < 1.29 is 9.59 Å². The van der Waals surface area contributed by atoms with Crippen molar-refractivity contribution in [2.24, 2.45) is 0 Å². The average Bonchev–Trinajstić information content (AvgIpc) is 3.23. The number of hydrogen-bond acceptors (Lipinski definition) is 3. The van der Waals surface area contributed by atoms with Gasteiger partial charge in [0.25, 0.3) is 5.91 Å². The Labute approximate surface area is 160 Å². The van der Waals surface area contributed by atoms with Crippen molar-refractivity contribution in [2.75, 3.05) is 39.3 Å². The van der Waals surface area contributed by atoms with Crippen LogP contribution in [0.1, 0.15) is 30.1 Å². The van der Waals surface area contributed by atoms with Crippen molar-refractivity contribution in [1.82, 2.24) is 19.7 Å². The predicted molar refractivity (Wildman–Crippen MR) is 106 cm³/mol. The minimum Gasteiger partial charge on any atom is -0.355 e. The molecule has 1 aliphatic rings. The molecule has 1 fully saturated rings. The molecule has 1 saturated heterocycles. The van der Waals surface area contributed by atoms with E-state index < -0.39 is 0 Å². The summed E-state index contributed by atoms with van der Waals surface area (Å²) in [5, 5.41) is 2.94. The molecular formula is C21H28N4O2. The van der Waals surface area contributed by atoms with E-state index in [0.717, 1.165) is 38.2 Å². The van der Waals surface area contributed by atoms with Gasteiger partial charge in [-0.05, 0) is 42.8 Å². The first kappa shape index (κ1) is 19.2. The topological polar surface area (TPSA) is 57.6 Å². The van der Waals surface area contributed by atoms with Gasteiger partial charge >= 0.3 is 0 Å². The molecule has 144 valence electrons. The Morgan fingerprint density at radius 2 is 1.67 bits per heavy atom. The van der Waals surface area contributed by atoms with Crippen LogP contribution in [0.2, 0.25) is 0 Å². The molecule has 6 nitrogen and oxygen atoms in total. The summed E-state index contributed by atoms with van der Waals surface area (Å²) >= 11 is 0. The second-order valence-electron chi connectivity index (χ2n) is 6.91. The van der Waals surface area contributed by atoms with E-state index in [1.54, 1.807) is 0 Å². The highest BCUT2D eigenvalue weighted by Crippen LogP contribution is 2.13. The number of hydrogen-bond donors (Lipinski definition) is 1. The number of carbonyl (C=O) groups excluding carboxylic acids is 2. The summed E-state index contributed by atoms with van der Waals surface area (Å²) in [5.41, 5.74) is 1.74. The number of benzene rings is 1. The maximum Gasteiger partial charge on any atom is 0.253 e. The lowest BCUT2D eigenvalue weighted by Gasteiger charge is -2.34. The molecule has 1 aromatic heterocycles. The van der Waals surface area contributed by atoms with Crippen LogP contribution in [0.15, 0.2) is 48.8 Å². The summed E-state index contributed by atoms with van der Waals surface area (Å²) in [4.78, 5) is 28.6. The number of carbonyl (C=O) groups is 2. The first-order chi connectivity index (χ1) is 13.2. The van der Waals surface area contributed by atoms with Crippen molar-refractivity contribution in [3.05, 3.63) is 54.4 Å². The van der Waals surface area contributed by atoms with Gasteiger partial charge < -0.3 is 14.8 Å². The lowest BCUT2D eigenvalue weighted by molar-refractivity contribution is -0.122. The Morgan fingerprint density at radius 1 is 1.00 bits per heavy atom. The monoisotopic (exact) mass is 368 g/mol. The zero-order valence-corrected chi connectivity index (χ0v) is 15.9. The molecule has 2 heterocycles. The molecule has 27 heavy (non-hydrogen) atoms. The lowest BCUT2D eigenvalue weighted by Crippen LogP contribution is -2.51. The molecular weight excluding hydrogens is 340 g/mol. The lowest BCUT2D eigenvalue weighted by atomic mass is 10.1. The summed E-state index contributed by atoms with van der Waals surface area (Å²) in [6.07, 6.45) is 6.05. The summed E-state index contributed by atoms with van der Waals surface area (Å²) in [6.45, 7) is 6.03. The van der Waals surface area contributed by atoms with Crippen molar-refractivity contribution in [2.45, 2.75) is 19.8 Å². The largest absolute Gasteiger partial charge is 0.355 e. The molecule has 6 heteroatoms. The molecule has 0 spiro atoms. The van der Waals surface area contributed by atoms with E-state index in [4.69, 9.17) is 0 Å². The fraction of sp³-hybridized carbons (Fsp3) is 0.429. The summed E-state index contributed by atoms with van der Waals surface area (Å²) in [6, 6.07) is 11.6. The highest BCUT2D eigenvalue weighted by atomic mass is 16.2. The second kappa shape index (κ2) is 9.37. The third kappa shape index (κ3) is 5.20. The molecule has 0 unspecified atom stereocenters. The predicted octanol–water partition coefficient (Wildman–Crippen LogP) is 2.15. The number of unbranched alkanes of at least 4 members (excludes halogenated alkanes) is 1. The standard InChI is InChI=1S/C21H28N4O2/c1-2-3-10-22-20(26)17-23-13-15-25(16-14-23)21(27)18-6-8-19(9-7-18)24-11-4-5-12-24/h4-9,11-12H,2-3,10,13-17H2,1H3,(H,22,26). The van der Waals surface area contributed by atoms with Gasteiger partial charge in [-0.1, -0.05) is 13.3 Å². The molecule has 2 aromatic rings. The van der Waals surface area contributed by atoms with Crippen molar-refractivity contribution in [1.29, 1.82) is 0 Å². The molecule has 0 bridgehead atoms. The van der Waals surface area contributed by atoms with Crippen LogP contribution in [-0.2, 0) is 4.79 Å². The van der Waals surface area contributed by atoms with E-state index in [0.29, 0.717) is 25.2 Å². The van der Waals surface area contributed by atoms with E-state index >= 15 is 0 Å². The van der Waals surface area contributed by atoms with Gasteiger partial charge in [0.1, 0.15) is 0 Å². The van der Waals surface area contributed by atoms with Crippen LogP contribution in [0.3, 0.4) is 0 Å². The number of piperazine rings is 1. The summed E-state index contributed by atoms with van der Waals surface area (Å²) < 4.78 is 2.01. The van der Waals surface area contributed by atoms with Gasteiger partial charge in [-0.2, -0.15) is 0 Å². The molecule has 0 atom stereocenters. The average molecular weight is 368 g/mol. The van der Waals surface area contributed by atoms with Gasteiger partial charge in [-0.25, -0.2) is 0 Å². The Hall–Kier alpha value is -2.60. The van der Waals surface area contributed by atoms with Gasteiger partial charge in [0.15, 0.2) is 0 Å². The molecule has 0 saturated carbocycles. The Morgan fingerprint density at radius 3 is 2.30 bits per heavy atom. The van der Waals surface area contributed by atoms with Crippen LogP contribution in [0, 0.1) is 0 Å². The number of nitrogens with one attached hydrogen (secondary N) is 1. The van der Waals surface area contributed by atoms with Crippen LogP contribution in [0.5, 0.6) is 0 Å². The Bertz CT molecular complexity index is 732. The first-order valence-corrected chi connectivity index (χ1v) is 9.69. The fourth-order valence-corrected chi connectivity index (χ4v) is 3.24. The number of rotatable bonds is 7. The highest BCUT2D eigenvalue weighted by molar-refractivity contribution is 5.94. The smallest absolute Gasteiger partial charge is 0.253 e. The molecule has 3 rings (SSSR count). The Kier molecular flexibility index (Phi) is 6.65. The molecule has 0 radical (unpaired) electrons. The number of amides is 2.